The van der Waals surface area contributed by atoms with E-state index in [0.717, 1.165) is 49.4 Å². The number of hydrogen-bond donors (Lipinski definition) is 1. The van der Waals surface area contributed by atoms with Gasteiger partial charge in [-0.05, 0) is 43.7 Å². The van der Waals surface area contributed by atoms with Crippen LogP contribution in [0.4, 0.5) is 18.9 Å². The van der Waals surface area contributed by atoms with Gasteiger partial charge in [0.05, 0.1) is 0 Å². The van der Waals surface area contributed by atoms with Crippen LogP contribution in [0.2, 0.25) is 0 Å². The van der Waals surface area contributed by atoms with Crippen LogP contribution in [0, 0.1) is 17.5 Å². The van der Waals surface area contributed by atoms with Crippen molar-refractivity contribution >= 4 is 16.6 Å². The Bertz CT molecular complexity index is 698. The van der Waals surface area contributed by atoms with Gasteiger partial charge in [0.15, 0.2) is 17.5 Å². The summed E-state index contributed by atoms with van der Waals surface area (Å²) in [5.41, 5.74) is 2.47. The molecule has 1 aromatic heterocycles. The van der Waals surface area contributed by atoms with Gasteiger partial charge in [-0.15, -0.1) is 0 Å². The highest BCUT2D eigenvalue weighted by Gasteiger charge is 2.23. The number of nitrogens with zero attached hydrogens (tertiary/aromatic N) is 1. The van der Waals surface area contributed by atoms with E-state index in [4.69, 9.17) is 0 Å². The number of anilines is 1. The minimum atomic E-state index is -1.45. The highest BCUT2D eigenvalue weighted by molar-refractivity contribution is 5.94. The van der Waals surface area contributed by atoms with Crippen molar-refractivity contribution in [2.24, 2.45) is 0 Å². The molecule has 5 heteroatoms. The number of nitrogens with one attached hydrogen (secondary N) is 1. The molecule has 0 fully saturated rings. The van der Waals surface area contributed by atoms with Gasteiger partial charge in [-0.25, -0.2) is 18.2 Å². The van der Waals surface area contributed by atoms with Crippen LogP contribution >= 0.6 is 0 Å². The summed E-state index contributed by atoms with van der Waals surface area (Å²) < 4.78 is 41.1. The van der Waals surface area contributed by atoms with Crippen LogP contribution < -0.4 is 5.32 Å². The monoisotopic (exact) mass is 294 g/mol. The van der Waals surface area contributed by atoms with Crippen molar-refractivity contribution in [3.63, 3.8) is 0 Å². The molecule has 2 aromatic rings. The third kappa shape index (κ3) is 2.34. The van der Waals surface area contributed by atoms with E-state index in [0.29, 0.717) is 17.6 Å². The molecule has 1 N–H and O–H groups in total. The lowest BCUT2D eigenvalue weighted by Gasteiger charge is -2.22. The van der Waals surface area contributed by atoms with Crippen LogP contribution in [0.25, 0.3) is 10.9 Å². The Morgan fingerprint density at radius 1 is 1.14 bits per heavy atom. The number of halogens is 3. The number of pyridine rings is 1. The van der Waals surface area contributed by atoms with Crippen LogP contribution in [0.1, 0.15) is 37.4 Å². The molecule has 1 aliphatic carbocycles. The lowest BCUT2D eigenvalue weighted by molar-refractivity contribution is 0.452. The van der Waals surface area contributed by atoms with E-state index in [1.807, 2.05) is 6.92 Å². The second kappa shape index (κ2) is 5.54. The van der Waals surface area contributed by atoms with E-state index < -0.39 is 17.5 Å². The van der Waals surface area contributed by atoms with Gasteiger partial charge in [0.25, 0.3) is 0 Å². The lowest BCUT2D eigenvalue weighted by atomic mass is 9.92. The first-order chi connectivity index (χ1) is 10.1. The number of aryl methyl sites for hydroxylation is 1. The molecule has 0 amide bonds. The maximum absolute atomic E-state index is 14.0. The summed E-state index contributed by atoms with van der Waals surface area (Å²) in [4.78, 5) is 4.26. The summed E-state index contributed by atoms with van der Waals surface area (Å²) >= 11 is 0. The summed E-state index contributed by atoms with van der Waals surface area (Å²) in [6.07, 6.45) is 4.51. The van der Waals surface area contributed by atoms with Crippen LogP contribution in [0.15, 0.2) is 6.07 Å². The minimum Gasteiger partial charge on any atom is -0.384 e. The molecule has 1 aliphatic rings. The highest BCUT2D eigenvalue weighted by atomic mass is 19.2. The second-order valence-electron chi connectivity index (χ2n) is 5.43. The average Bonchev–Trinajstić information content (AvgIpc) is 2.50. The molecular formula is C16H17F3N2. The van der Waals surface area contributed by atoms with Gasteiger partial charge in [0.2, 0.25) is 0 Å². The summed E-state index contributed by atoms with van der Waals surface area (Å²) in [7, 11) is 0. The van der Waals surface area contributed by atoms with E-state index in [-0.39, 0.29) is 5.52 Å². The quantitative estimate of drug-likeness (QED) is 0.851. The van der Waals surface area contributed by atoms with Crippen molar-refractivity contribution in [2.75, 3.05) is 11.9 Å². The molecule has 0 radical (unpaired) electrons. The van der Waals surface area contributed by atoms with Gasteiger partial charge < -0.3 is 5.32 Å². The molecule has 1 heterocycles. The molecule has 3 rings (SSSR count). The molecule has 1 aromatic carbocycles. The molecule has 0 atom stereocenters. The van der Waals surface area contributed by atoms with Gasteiger partial charge in [-0.3, -0.25) is 0 Å². The van der Waals surface area contributed by atoms with E-state index in [9.17, 15) is 13.2 Å². The van der Waals surface area contributed by atoms with Crippen molar-refractivity contribution in [1.82, 2.24) is 4.98 Å². The van der Waals surface area contributed by atoms with Gasteiger partial charge in [-0.2, -0.15) is 0 Å². The summed E-state index contributed by atoms with van der Waals surface area (Å²) in [6.45, 7) is 2.72. The summed E-state index contributed by atoms with van der Waals surface area (Å²) in [5.74, 6) is -3.82. The number of rotatable bonds is 3. The Morgan fingerprint density at radius 2 is 1.90 bits per heavy atom. The van der Waals surface area contributed by atoms with Crippen LogP contribution in [0.5, 0.6) is 0 Å². The van der Waals surface area contributed by atoms with Gasteiger partial charge in [0, 0.05) is 23.3 Å². The van der Waals surface area contributed by atoms with Crippen molar-refractivity contribution in [3.05, 3.63) is 34.8 Å². The third-order valence-corrected chi connectivity index (χ3v) is 3.94. The number of fused-ring (bicyclic) bond motifs is 2. The zero-order valence-corrected chi connectivity index (χ0v) is 11.9. The Hall–Kier alpha value is -1.78. The molecule has 0 saturated heterocycles. The van der Waals surface area contributed by atoms with Crippen LogP contribution in [-0.4, -0.2) is 11.5 Å². The maximum Gasteiger partial charge on any atom is 0.196 e. The van der Waals surface area contributed by atoms with Crippen molar-refractivity contribution < 1.29 is 13.2 Å². The van der Waals surface area contributed by atoms with E-state index in [1.54, 1.807) is 0 Å². The van der Waals surface area contributed by atoms with Gasteiger partial charge in [-0.1, -0.05) is 6.92 Å². The fourth-order valence-corrected chi connectivity index (χ4v) is 2.92. The number of aromatic nitrogens is 1. The lowest BCUT2D eigenvalue weighted by Crippen LogP contribution is -2.13. The Labute approximate surface area is 121 Å². The molecule has 0 bridgehead atoms. The molecule has 0 spiro atoms. The predicted octanol–water partition coefficient (Wildman–Crippen LogP) is 4.35. The smallest absolute Gasteiger partial charge is 0.196 e. The number of hydrogen-bond acceptors (Lipinski definition) is 2. The van der Waals surface area contributed by atoms with Crippen molar-refractivity contribution in [2.45, 2.75) is 39.0 Å². The first-order valence-electron chi connectivity index (χ1n) is 7.36. The fraction of sp³-hybridized carbons (Fsp3) is 0.438. The summed E-state index contributed by atoms with van der Waals surface area (Å²) in [6, 6.07) is 1.05. The average molecular weight is 294 g/mol. The zero-order chi connectivity index (χ0) is 15.0. The Morgan fingerprint density at radius 3 is 2.67 bits per heavy atom. The topological polar surface area (TPSA) is 24.9 Å². The van der Waals surface area contributed by atoms with Crippen LogP contribution in [0.3, 0.4) is 0 Å². The standard InChI is InChI=1S/C16H17F3N2/c1-2-7-20-15-9-5-3-4-6-12(9)21-16-10(15)8-11(17)13(18)14(16)19/h8H,2-7H2,1H3,(H,20,21). The number of benzene rings is 1. The Balaban J connectivity index is 2.31. The first-order valence-corrected chi connectivity index (χ1v) is 7.36. The first kappa shape index (κ1) is 14.2. The van der Waals surface area contributed by atoms with Gasteiger partial charge >= 0.3 is 0 Å². The fourth-order valence-electron chi connectivity index (χ4n) is 2.92. The molecule has 0 aliphatic heterocycles. The highest BCUT2D eigenvalue weighted by Crippen LogP contribution is 2.35. The largest absolute Gasteiger partial charge is 0.384 e. The molecule has 0 unspecified atom stereocenters. The summed E-state index contributed by atoms with van der Waals surface area (Å²) in [5, 5.41) is 3.58. The maximum atomic E-state index is 14.0. The molecule has 112 valence electrons. The van der Waals surface area contributed by atoms with E-state index in [2.05, 4.69) is 10.3 Å². The molecule has 21 heavy (non-hydrogen) atoms. The van der Waals surface area contributed by atoms with Crippen molar-refractivity contribution in [1.29, 1.82) is 0 Å². The van der Waals surface area contributed by atoms with E-state index in [1.165, 1.54) is 0 Å². The third-order valence-electron chi connectivity index (χ3n) is 3.94. The van der Waals surface area contributed by atoms with Gasteiger partial charge in [0.1, 0.15) is 5.52 Å². The minimum absolute atomic E-state index is 0.0758. The normalized spacial score (nSPS) is 14.3. The molecule has 2 nitrogen and oxygen atoms in total. The molecule has 0 saturated carbocycles. The Kier molecular flexibility index (Phi) is 3.74. The van der Waals surface area contributed by atoms with E-state index >= 15 is 0 Å². The SMILES string of the molecule is CCCNc1c2c(nc3c(F)c(F)c(F)cc13)CCCC2. The second-order valence-corrected chi connectivity index (χ2v) is 5.43. The van der Waals surface area contributed by atoms with Crippen LogP contribution in [-0.2, 0) is 12.8 Å². The van der Waals surface area contributed by atoms with Crippen molar-refractivity contribution in [3.8, 4) is 0 Å². The zero-order valence-electron chi connectivity index (χ0n) is 11.9. The predicted molar refractivity (Wildman–Crippen MR) is 77.0 cm³/mol. The molecular weight excluding hydrogens is 277 g/mol.